The smallest absolute Gasteiger partial charge is 0.0789 e. The standard InChI is InChI=1S/C60H37N3/c1-2-16-44(17-3-1)61(45-28-24-39(25-29-45)43-23-22-38-12-4-5-15-42(38)36-43)46-30-35-54-52(37-46)49-20-10-11-21-53(49)62-55-33-26-40-13-6-8-18-47(40)57(55)50-31-32-51-58-48-19-9-7-14-41(48)27-34-56(58)63(54)60(51)59(50)62/h1-37H. The van der Waals surface area contributed by atoms with E-state index in [1.165, 1.54) is 103 Å². The van der Waals surface area contributed by atoms with Crippen LogP contribution in [0.4, 0.5) is 17.1 Å². The molecule has 0 unspecified atom stereocenters. The molecule has 0 radical (unpaired) electrons. The molecule has 11 aromatic carbocycles. The molecule has 3 heteroatoms. The first-order chi connectivity index (χ1) is 31.3. The summed E-state index contributed by atoms with van der Waals surface area (Å²) in [6.07, 6.45) is 0. The summed E-state index contributed by atoms with van der Waals surface area (Å²) in [7, 11) is 0. The van der Waals surface area contributed by atoms with Crippen molar-refractivity contribution >= 4 is 115 Å². The van der Waals surface area contributed by atoms with Gasteiger partial charge >= 0.3 is 0 Å². The van der Waals surface area contributed by atoms with E-state index in [4.69, 9.17) is 0 Å². The van der Waals surface area contributed by atoms with Gasteiger partial charge in [0.2, 0.25) is 0 Å². The fourth-order valence-corrected chi connectivity index (χ4v) is 10.8. The molecule has 0 N–H and O–H groups in total. The zero-order valence-electron chi connectivity index (χ0n) is 34.2. The van der Waals surface area contributed by atoms with Crippen molar-refractivity contribution in [1.29, 1.82) is 0 Å². The number of benzene rings is 11. The van der Waals surface area contributed by atoms with Gasteiger partial charge in [0.1, 0.15) is 0 Å². The van der Waals surface area contributed by atoms with Crippen molar-refractivity contribution in [3.8, 4) is 11.1 Å². The van der Waals surface area contributed by atoms with Gasteiger partial charge in [0, 0.05) is 49.4 Å². The highest BCUT2D eigenvalue weighted by Gasteiger charge is 2.23. The Morgan fingerprint density at radius 3 is 1.40 bits per heavy atom. The second-order valence-electron chi connectivity index (χ2n) is 16.9. The number of nitrogens with zero attached hydrogens (tertiary/aromatic N) is 3. The van der Waals surface area contributed by atoms with Crippen LogP contribution in [0, 0.1) is 0 Å². The molecule has 0 bridgehead atoms. The largest absolute Gasteiger partial charge is 0.310 e. The third-order valence-electron chi connectivity index (χ3n) is 13.6. The molecule has 0 saturated heterocycles. The highest BCUT2D eigenvalue weighted by atomic mass is 15.1. The number of rotatable bonds is 4. The van der Waals surface area contributed by atoms with Crippen molar-refractivity contribution in [2.45, 2.75) is 0 Å². The maximum atomic E-state index is 2.57. The minimum Gasteiger partial charge on any atom is -0.310 e. The molecule has 14 aromatic rings. The molecule has 0 saturated carbocycles. The molecule has 0 aliphatic rings. The summed E-state index contributed by atoms with van der Waals surface area (Å²) in [4.78, 5) is 2.39. The van der Waals surface area contributed by atoms with Crippen molar-refractivity contribution in [3.05, 3.63) is 224 Å². The zero-order valence-corrected chi connectivity index (χ0v) is 34.2. The zero-order chi connectivity index (χ0) is 41.2. The SMILES string of the molecule is c1ccc(N(c2ccc(-c3ccc4ccccc4c3)cc2)c2ccc3c(c2)c2ccccc2n2c4ccc5ccccc5c4c4ccc5c6c7ccccc7ccc6n3c5c42)cc1. The lowest BCUT2D eigenvalue weighted by Crippen LogP contribution is -2.10. The maximum absolute atomic E-state index is 2.57. The molecular weight excluding hydrogens is 763 g/mol. The van der Waals surface area contributed by atoms with Crippen LogP contribution < -0.4 is 4.90 Å². The van der Waals surface area contributed by atoms with E-state index in [0.29, 0.717) is 0 Å². The first kappa shape index (κ1) is 34.3. The Labute approximate surface area is 362 Å². The maximum Gasteiger partial charge on any atom is 0.0789 e. The topological polar surface area (TPSA) is 12.1 Å². The van der Waals surface area contributed by atoms with Crippen molar-refractivity contribution in [2.75, 3.05) is 4.90 Å². The molecule has 63 heavy (non-hydrogen) atoms. The van der Waals surface area contributed by atoms with Crippen LogP contribution in [-0.2, 0) is 0 Å². The van der Waals surface area contributed by atoms with E-state index in [1.54, 1.807) is 0 Å². The monoisotopic (exact) mass is 799 g/mol. The van der Waals surface area contributed by atoms with Crippen LogP contribution in [0.5, 0.6) is 0 Å². The average molecular weight is 800 g/mol. The Balaban J connectivity index is 1.11. The summed E-state index contributed by atoms with van der Waals surface area (Å²) in [6, 6.07) is 82.9. The van der Waals surface area contributed by atoms with Crippen molar-refractivity contribution in [1.82, 2.24) is 8.80 Å². The van der Waals surface area contributed by atoms with Gasteiger partial charge in [-0.3, -0.25) is 0 Å². The van der Waals surface area contributed by atoms with Crippen LogP contribution in [0.2, 0.25) is 0 Å². The van der Waals surface area contributed by atoms with Gasteiger partial charge in [-0.05, 0) is 110 Å². The number of hydrogen-bond acceptors (Lipinski definition) is 1. The molecule has 0 aliphatic carbocycles. The third-order valence-corrected chi connectivity index (χ3v) is 13.6. The van der Waals surface area contributed by atoms with E-state index in [0.717, 1.165) is 22.6 Å². The lowest BCUT2D eigenvalue weighted by atomic mass is 10.0. The number of hydrogen-bond donors (Lipinski definition) is 0. The Morgan fingerprint density at radius 2 is 0.730 bits per heavy atom. The minimum atomic E-state index is 1.09. The fraction of sp³-hybridized carbons (Fsp3) is 0. The summed E-state index contributed by atoms with van der Waals surface area (Å²) >= 11 is 0. The predicted molar refractivity (Wildman–Crippen MR) is 269 cm³/mol. The molecule has 3 nitrogen and oxygen atoms in total. The number of fused-ring (bicyclic) bond motifs is 16. The van der Waals surface area contributed by atoms with Gasteiger partial charge in [-0.25, -0.2) is 0 Å². The minimum absolute atomic E-state index is 1.09. The second-order valence-corrected chi connectivity index (χ2v) is 16.9. The lowest BCUT2D eigenvalue weighted by molar-refractivity contribution is 1.28. The molecule has 0 amide bonds. The van der Waals surface area contributed by atoms with Crippen LogP contribution in [0.15, 0.2) is 224 Å². The van der Waals surface area contributed by atoms with Crippen LogP contribution in [-0.4, -0.2) is 8.80 Å². The third kappa shape index (κ3) is 4.90. The van der Waals surface area contributed by atoms with Gasteiger partial charge in [-0.2, -0.15) is 0 Å². The normalized spacial score (nSPS) is 12.1. The first-order valence-electron chi connectivity index (χ1n) is 21.8. The Kier molecular flexibility index (Phi) is 7.11. The van der Waals surface area contributed by atoms with Gasteiger partial charge < -0.3 is 13.7 Å². The van der Waals surface area contributed by atoms with E-state index < -0.39 is 0 Å². The number of anilines is 3. The van der Waals surface area contributed by atoms with Crippen LogP contribution in [0.1, 0.15) is 0 Å². The van der Waals surface area contributed by atoms with Gasteiger partial charge in [0.15, 0.2) is 0 Å². The number of aromatic nitrogens is 2. The van der Waals surface area contributed by atoms with Gasteiger partial charge in [-0.15, -0.1) is 0 Å². The molecule has 14 rings (SSSR count). The number of para-hydroxylation sites is 2. The lowest BCUT2D eigenvalue weighted by Gasteiger charge is -2.26. The van der Waals surface area contributed by atoms with Gasteiger partial charge in [0.05, 0.1) is 33.1 Å². The van der Waals surface area contributed by atoms with E-state index in [2.05, 4.69) is 238 Å². The fourth-order valence-electron chi connectivity index (χ4n) is 10.8. The molecule has 3 aromatic heterocycles. The molecule has 292 valence electrons. The Hall–Kier alpha value is -8.40. The van der Waals surface area contributed by atoms with Crippen molar-refractivity contribution in [3.63, 3.8) is 0 Å². The van der Waals surface area contributed by atoms with Gasteiger partial charge in [0.25, 0.3) is 0 Å². The second kappa shape index (κ2) is 13.1. The first-order valence-corrected chi connectivity index (χ1v) is 21.8. The molecule has 0 fully saturated rings. The predicted octanol–water partition coefficient (Wildman–Crippen LogP) is 16.6. The highest BCUT2D eigenvalue weighted by molar-refractivity contribution is 6.32. The van der Waals surface area contributed by atoms with E-state index in [1.807, 2.05) is 0 Å². The summed E-state index contributed by atoms with van der Waals surface area (Å²) in [5, 5.41) is 15.0. The summed E-state index contributed by atoms with van der Waals surface area (Å²) in [5.41, 5.74) is 12.9. The molecule has 0 atom stereocenters. The summed E-state index contributed by atoms with van der Waals surface area (Å²) < 4.78 is 5.12. The highest BCUT2D eigenvalue weighted by Crippen LogP contribution is 2.46. The summed E-state index contributed by atoms with van der Waals surface area (Å²) in [6.45, 7) is 0. The van der Waals surface area contributed by atoms with Crippen molar-refractivity contribution < 1.29 is 0 Å². The van der Waals surface area contributed by atoms with Gasteiger partial charge in [-0.1, -0.05) is 158 Å². The molecule has 0 spiro atoms. The Bertz CT molecular complexity index is 4190. The molecule has 3 heterocycles. The van der Waals surface area contributed by atoms with E-state index >= 15 is 0 Å². The van der Waals surface area contributed by atoms with E-state index in [9.17, 15) is 0 Å². The average Bonchev–Trinajstić information content (AvgIpc) is 3.87. The van der Waals surface area contributed by atoms with Crippen molar-refractivity contribution in [2.24, 2.45) is 0 Å². The van der Waals surface area contributed by atoms with Crippen LogP contribution in [0.25, 0.3) is 109 Å². The molecule has 0 aliphatic heterocycles. The van der Waals surface area contributed by atoms with E-state index in [-0.39, 0.29) is 0 Å². The van der Waals surface area contributed by atoms with Crippen LogP contribution in [0.3, 0.4) is 0 Å². The quantitative estimate of drug-likeness (QED) is 0.173. The molecular formula is C60H37N3. The Morgan fingerprint density at radius 1 is 0.254 bits per heavy atom. The van der Waals surface area contributed by atoms with Crippen LogP contribution >= 0.6 is 0 Å². The summed E-state index contributed by atoms with van der Waals surface area (Å²) in [5.74, 6) is 0.